The normalized spacial score (nSPS) is 19.0. The molecule has 0 saturated carbocycles. The summed E-state index contributed by atoms with van der Waals surface area (Å²) in [5, 5.41) is 2.93. The van der Waals surface area contributed by atoms with Gasteiger partial charge in [-0.15, -0.1) is 0 Å². The van der Waals surface area contributed by atoms with Crippen LogP contribution in [-0.2, 0) is 6.18 Å². The lowest BCUT2D eigenvalue weighted by atomic mass is 9.98. The number of alkyl halides is 5. The Balaban J connectivity index is 2.46. The quantitative estimate of drug-likeness (QED) is 0.863. The molecule has 0 bridgehead atoms. The van der Waals surface area contributed by atoms with Crippen molar-refractivity contribution in [3.8, 4) is 0 Å². The smallest absolute Gasteiger partial charge is 0.314 e. The molecule has 1 N–H and O–H groups in total. The van der Waals surface area contributed by atoms with Crippen molar-refractivity contribution in [3.63, 3.8) is 0 Å². The van der Waals surface area contributed by atoms with E-state index in [0.717, 1.165) is 0 Å². The number of piperazine rings is 1. The van der Waals surface area contributed by atoms with Crippen LogP contribution in [0.25, 0.3) is 0 Å². The molecule has 0 unspecified atom stereocenters. The van der Waals surface area contributed by atoms with Crippen LogP contribution in [-0.4, -0.2) is 37.5 Å². The molecule has 0 spiro atoms. The average Bonchev–Trinajstić information content (AvgIpc) is 2.38. The molecular weight excluding hydrogens is 298 g/mol. The highest BCUT2D eigenvalue weighted by atomic mass is 19.4. The highest BCUT2D eigenvalue weighted by Crippen LogP contribution is 2.39. The lowest BCUT2D eigenvalue weighted by Crippen LogP contribution is -2.47. The Morgan fingerprint density at radius 1 is 1.10 bits per heavy atom. The first kappa shape index (κ1) is 16.1. The van der Waals surface area contributed by atoms with Gasteiger partial charge < -0.3 is 5.32 Å². The Hall–Kier alpha value is -1.28. The summed E-state index contributed by atoms with van der Waals surface area (Å²) in [6.45, 7) is 1.17. The predicted octanol–water partition coefficient (Wildman–Crippen LogP) is 3.06. The van der Waals surface area contributed by atoms with Gasteiger partial charge in [-0.3, -0.25) is 4.90 Å². The first-order chi connectivity index (χ1) is 9.80. The van der Waals surface area contributed by atoms with Crippen LogP contribution in [0.2, 0.25) is 0 Å². The summed E-state index contributed by atoms with van der Waals surface area (Å²) in [5.74, 6) is -0.959. The predicted molar refractivity (Wildman–Crippen MR) is 64.6 cm³/mol. The summed E-state index contributed by atoms with van der Waals surface area (Å²) < 4.78 is 78.8. The van der Waals surface area contributed by atoms with Gasteiger partial charge in [0.2, 0.25) is 0 Å². The number of halogens is 6. The van der Waals surface area contributed by atoms with Gasteiger partial charge in [0, 0.05) is 26.2 Å². The van der Waals surface area contributed by atoms with Crippen molar-refractivity contribution in [2.75, 3.05) is 26.2 Å². The maximum atomic E-state index is 13.3. The zero-order valence-corrected chi connectivity index (χ0v) is 10.9. The van der Waals surface area contributed by atoms with E-state index in [4.69, 9.17) is 0 Å². The van der Waals surface area contributed by atoms with Gasteiger partial charge in [0.25, 0.3) is 6.43 Å². The second kappa shape index (κ2) is 6.23. The Labute approximate surface area is 117 Å². The summed E-state index contributed by atoms with van der Waals surface area (Å²) in [6, 6.07) is -0.0595. The number of rotatable bonds is 3. The molecule has 0 aromatic heterocycles. The molecule has 1 atom stereocenters. The van der Waals surface area contributed by atoms with Crippen LogP contribution < -0.4 is 5.32 Å². The van der Waals surface area contributed by atoms with Crippen LogP contribution in [0.15, 0.2) is 18.2 Å². The SMILES string of the molecule is Fc1ccc(C(F)(F)F)c([C@@H](C(F)F)N2CCNCC2)c1. The first-order valence-corrected chi connectivity index (χ1v) is 6.40. The fraction of sp³-hybridized carbons (Fsp3) is 0.538. The van der Waals surface area contributed by atoms with E-state index in [2.05, 4.69) is 5.32 Å². The monoisotopic (exact) mass is 312 g/mol. The molecule has 1 fully saturated rings. The molecule has 1 aliphatic rings. The van der Waals surface area contributed by atoms with Gasteiger partial charge in [0.1, 0.15) is 5.82 Å². The topological polar surface area (TPSA) is 15.3 Å². The number of nitrogens with zero attached hydrogens (tertiary/aromatic N) is 1. The van der Waals surface area contributed by atoms with E-state index >= 15 is 0 Å². The summed E-state index contributed by atoms with van der Waals surface area (Å²) in [5.41, 5.74) is -1.92. The fourth-order valence-electron chi connectivity index (χ4n) is 2.49. The molecule has 118 valence electrons. The first-order valence-electron chi connectivity index (χ1n) is 6.40. The average molecular weight is 312 g/mol. The standard InChI is InChI=1S/C13H14F6N2/c14-8-1-2-10(13(17,18)19)9(7-8)11(12(15)16)21-5-3-20-4-6-21/h1-2,7,11-12,20H,3-6H2/t11-/m0/s1. The molecule has 1 saturated heterocycles. The van der Waals surface area contributed by atoms with E-state index in [-0.39, 0.29) is 13.1 Å². The zero-order chi connectivity index (χ0) is 15.6. The summed E-state index contributed by atoms with van der Waals surface area (Å²) in [6.07, 6.45) is -7.84. The minimum absolute atomic E-state index is 0.183. The van der Waals surface area contributed by atoms with Crippen LogP contribution >= 0.6 is 0 Å². The Morgan fingerprint density at radius 3 is 2.24 bits per heavy atom. The van der Waals surface area contributed by atoms with Crippen molar-refractivity contribution < 1.29 is 26.3 Å². The van der Waals surface area contributed by atoms with Gasteiger partial charge in [-0.05, 0) is 23.8 Å². The Morgan fingerprint density at radius 2 is 1.71 bits per heavy atom. The lowest BCUT2D eigenvalue weighted by Gasteiger charge is -2.35. The van der Waals surface area contributed by atoms with E-state index in [9.17, 15) is 26.3 Å². The van der Waals surface area contributed by atoms with Crippen LogP contribution in [0.5, 0.6) is 0 Å². The molecule has 1 aromatic rings. The fourth-order valence-corrected chi connectivity index (χ4v) is 2.49. The van der Waals surface area contributed by atoms with E-state index < -0.39 is 35.6 Å². The maximum absolute atomic E-state index is 13.3. The third-order valence-corrected chi connectivity index (χ3v) is 3.42. The molecule has 21 heavy (non-hydrogen) atoms. The van der Waals surface area contributed by atoms with E-state index in [1.165, 1.54) is 4.90 Å². The van der Waals surface area contributed by atoms with Gasteiger partial charge in [-0.1, -0.05) is 0 Å². The third-order valence-electron chi connectivity index (χ3n) is 3.42. The molecule has 0 aliphatic carbocycles. The highest BCUT2D eigenvalue weighted by molar-refractivity contribution is 5.33. The van der Waals surface area contributed by atoms with Gasteiger partial charge in [-0.2, -0.15) is 13.2 Å². The van der Waals surface area contributed by atoms with Crippen LogP contribution in [0, 0.1) is 5.82 Å². The Bertz CT molecular complexity index is 482. The minimum Gasteiger partial charge on any atom is -0.314 e. The van der Waals surface area contributed by atoms with Crippen molar-refractivity contribution in [1.82, 2.24) is 10.2 Å². The molecule has 8 heteroatoms. The zero-order valence-electron chi connectivity index (χ0n) is 10.9. The van der Waals surface area contributed by atoms with Crippen molar-refractivity contribution in [2.24, 2.45) is 0 Å². The minimum atomic E-state index is -4.80. The molecular formula is C13H14F6N2. The van der Waals surface area contributed by atoms with Crippen molar-refractivity contribution in [3.05, 3.63) is 35.1 Å². The van der Waals surface area contributed by atoms with Gasteiger partial charge in [-0.25, -0.2) is 13.2 Å². The molecule has 1 aromatic carbocycles. The second-order valence-electron chi connectivity index (χ2n) is 4.79. The molecule has 2 rings (SSSR count). The number of hydrogen-bond donors (Lipinski definition) is 1. The molecule has 0 amide bonds. The number of nitrogens with one attached hydrogen (secondary N) is 1. The van der Waals surface area contributed by atoms with Gasteiger partial charge in [0.05, 0.1) is 11.6 Å². The van der Waals surface area contributed by atoms with Crippen molar-refractivity contribution >= 4 is 0 Å². The molecule has 1 aliphatic heterocycles. The number of benzene rings is 1. The third kappa shape index (κ3) is 3.68. The van der Waals surface area contributed by atoms with Crippen molar-refractivity contribution in [1.29, 1.82) is 0 Å². The van der Waals surface area contributed by atoms with Crippen molar-refractivity contribution in [2.45, 2.75) is 18.6 Å². The Kier molecular flexibility index (Phi) is 4.77. The largest absolute Gasteiger partial charge is 0.416 e. The highest BCUT2D eigenvalue weighted by Gasteiger charge is 2.40. The van der Waals surface area contributed by atoms with E-state index in [1.807, 2.05) is 0 Å². The van der Waals surface area contributed by atoms with E-state index in [0.29, 0.717) is 31.3 Å². The molecule has 2 nitrogen and oxygen atoms in total. The van der Waals surface area contributed by atoms with Gasteiger partial charge in [0.15, 0.2) is 0 Å². The van der Waals surface area contributed by atoms with Crippen LogP contribution in [0.3, 0.4) is 0 Å². The lowest BCUT2D eigenvalue weighted by molar-refractivity contribution is -0.139. The van der Waals surface area contributed by atoms with E-state index in [1.54, 1.807) is 0 Å². The second-order valence-corrected chi connectivity index (χ2v) is 4.79. The van der Waals surface area contributed by atoms with Gasteiger partial charge >= 0.3 is 6.18 Å². The summed E-state index contributed by atoms with van der Waals surface area (Å²) >= 11 is 0. The number of hydrogen-bond acceptors (Lipinski definition) is 2. The summed E-state index contributed by atoms with van der Waals surface area (Å²) in [7, 11) is 0. The molecule has 1 heterocycles. The van der Waals surface area contributed by atoms with Crippen LogP contribution in [0.1, 0.15) is 17.2 Å². The van der Waals surface area contributed by atoms with Crippen LogP contribution in [0.4, 0.5) is 26.3 Å². The molecule has 0 radical (unpaired) electrons. The maximum Gasteiger partial charge on any atom is 0.416 e. The summed E-state index contributed by atoms with van der Waals surface area (Å²) in [4.78, 5) is 1.26.